The SMILES string of the molecule is Cc1ccc(-c2nnc(SCC(=O)Nc3ccc(Cl)cc3[N+](=O)[O-])n2N)cc1. The van der Waals surface area contributed by atoms with Crippen LogP contribution in [-0.4, -0.2) is 31.5 Å². The minimum absolute atomic E-state index is 0.0526. The molecule has 0 fully saturated rings. The summed E-state index contributed by atoms with van der Waals surface area (Å²) >= 11 is 6.83. The van der Waals surface area contributed by atoms with Gasteiger partial charge in [0.05, 0.1) is 10.7 Å². The number of nitro benzene ring substituents is 1. The Morgan fingerprint density at radius 2 is 2.00 bits per heavy atom. The number of amides is 1. The molecule has 28 heavy (non-hydrogen) atoms. The largest absolute Gasteiger partial charge is 0.335 e. The fourth-order valence-electron chi connectivity index (χ4n) is 2.35. The summed E-state index contributed by atoms with van der Waals surface area (Å²) in [5, 5.41) is 22.2. The van der Waals surface area contributed by atoms with Crippen molar-refractivity contribution in [3.05, 3.63) is 63.2 Å². The predicted octanol–water partition coefficient (Wildman–Crippen LogP) is 3.26. The number of rotatable bonds is 6. The molecule has 3 N–H and O–H groups in total. The van der Waals surface area contributed by atoms with Gasteiger partial charge in [0, 0.05) is 16.7 Å². The Labute approximate surface area is 169 Å². The maximum absolute atomic E-state index is 12.2. The van der Waals surface area contributed by atoms with Crippen LogP contribution in [-0.2, 0) is 4.79 Å². The summed E-state index contributed by atoms with van der Waals surface area (Å²) in [6.45, 7) is 1.97. The Morgan fingerprint density at radius 3 is 2.68 bits per heavy atom. The zero-order chi connectivity index (χ0) is 20.3. The average molecular weight is 419 g/mol. The van der Waals surface area contributed by atoms with Gasteiger partial charge in [0.25, 0.3) is 5.69 Å². The Kier molecular flexibility index (Phi) is 5.81. The molecule has 0 saturated heterocycles. The quantitative estimate of drug-likeness (QED) is 0.272. The molecule has 0 spiro atoms. The molecular weight excluding hydrogens is 404 g/mol. The number of nitrogens with zero attached hydrogens (tertiary/aromatic N) is 4. The number of benzene rings is 2. The van der Waals surface area contributed by atoms with Crippen LogP contribution in [0.4, 0.5) is 11.4 Å². The minimum atomic E-state index is -0.612. The highest BCUT2D eigenvalue weighted by molar-refractivity contribution is 7.99. The van der Waals surface area contributed by atoms with Gasteiger partial charge >= 0.3 is 0 Å². The molecule has 1 heterocycles. The topological polar surface area (TPSA) is 129 Å². The van der Waals surface area contributed by atoms with Gasteiger partial charge in [0.2, 0.25) is 11.1 Å². The monoisotopic (exact) mass is 418 g/mol. The number of hydrogen-bond donors (Lipinski definition) is 2. The first kappa shape index (κ1) is 19.6. The van der Waals surface area contributed by atoms with Gasteiger partial charge in [-0.2, -0.15) is 0 Å². The zero-order valence-corrected chi connectivity index (χ0v) is 16.2. The molecule has 9 nitrogen and oxygen atoms in total. The minimum Gasteiger partial charge on any atom is -0.335 e. The molecule has 144 valence electrons. The molecule has 11 heteroatoms. The predicted molar refractivity (Wildman–Crippen MR) is 108 cm³/mol. The lowest BCUT2D eigenvalue weighted by atomic mass is 10.1. The van der Waals surface area contributed by atoms with Crippen LogP contribution in [0.5, 0.6) is 0 Å². The van der Waals surface area contributed by atoms with Crippen molar-refractivity contribution >= 4 is 40.6 Å². The average Bonchev–Trinajstić information content (AvgIpc) is 3.02. The van der Waals surface area contributed by atoms with E-state index in [0.717, 1.165) is 22.9 Å². The van der Waals surface area contributed by atoms with E-state index in [1.165, 1.54) is 22.9 Å². The zero-order valence-electron chi connectivity index (χ0n) is 14.6. The first-order valence-corrected chi connectivity index (χ1v) is 9.35. The molecule has 2 aromatic carbocycles. The summed E-state index contributed by atoms with van der Waals surface area (Å²) < 4.78 is 1.30. The van der Waals surface area contributed by atoms with Gasteiger partial charge in [-0.15, -0.1) is 10.2 Å². The van der Waals surface area contributed by atoms with Crippen molar-refractivity contribution in [2.45, 2.75) is 12.1 Å². The van der Waals surface area contributed by atoms with Gasteiger partial charge in [-0.25, -0.2) is 4.68 Å². The maximum atomic E-state index is 12.2. The fraction of sp³-hybridized carbons (Fsp3) is 0.118. The van der Waals surface area contributed by atoms with Crippen molar-refractivity contribution in [1.82, 2.24) is 14.9 Å². The third-order valence-corrected chi connectivity index (χ3v) is 4.92. The Morgan fingerprint density at radius 1 is 1.29 bits per heavy atom. The Hall–Kier alpha value is -3.11. The van der Waals surface area contributed by atoms with E-state index in [1.54, 1.807) is 0 Å². The number of nitrogens with two attached hydrogens (primary N) is 1. The summed E-state index contributed by atoms with van der Waals surface area (Å²) in [5.41, 5.74) is 1.69. The van der Waals surface area contributed by atoms with Crippen molar-refractivity contribution in [3.63, 3.8) is 0 Å². The first-order valence-electron chi connectivity index (χ1n) is 7.99. The molecule has 1 amide bonds. The second-order valence-corrected chi connectivity index (χ2v) is 7.18. The van der Waals surface area contributed by atoms with Crippen LogP contribution in [0.2, 0.25) is 5.02 Å². The summed E-state index contributed by atoms with van der Waals surface area (Å²) in [4.78, 5) is 22.7. The molecule has 0 aliphatic carbocycles. The summed E-state index contributed by atoms with van der Waals surface area (Å²) in [7, 11) is 0. The molecule has 0 aliphatic rings. The third kappa shape index (κ3) is 4.41. The summed E-state index contributed by atoms with van der Waals surface area (Å²) in [5.74, 6) is 6.00. The van der Waals surface area contributed by atoms with E-state index in [4.69, 9.17) is 17.4 Å². The number of carbonyl (C=O) groups excluding carboxylic acids is 1. The molecule has 0 saturated carbocycles. The molecule has 3 aromatic rings. The van der Waals surface area contributed by atoms with E-state index in [9.17, 15) is 14.9 Å². The third-order valence-electron chi connectivity index (χ3n) is 3.74. The van der Waals surface area contributed by atoms with Crippen molar-refractivity contribution in [1.29, 1.82) is 0 Å². The Balaban J connectivity index is 1.67. The second-order valence-electron chi connectivity index (χ2n) is 5.80. The number of nitrogen functional groups attached to an aromatic ring is 1. The van der Waals surface area contributed by atoms with Crippen molar-refractivity contribution < 1.29 is 9.72 Å². The van der Waals surface area contributed by atoms with E-state index >= 15 is 0 Å². The number of aryl methyl sites for hydroxylation is 1. The Bertz CT molecular complexity index is 1040. The van der Waals surface area contributed by atoms with Crippen LogP contribution in [0, 0.1) is 17.0 Å². The molecule has 3 rings (SSSR count). The van der Waals surface area contributed by atoms with Crippen molar-refractivity contribution in [2.24, 2.45) is 0 Å². The van der Waals surface area contributed by atoms with Crippen LogP contribution < -0.4 is 11.2 Å². The van der Waals surface area contributed by atoms with E-state index in [-0.39, 0.29) is 22.2 Å². The number of aromatic nitrogens is 3. The highest BCUT2D eigenvalue weighted by Crippen LogP contribution is 2.28. The lowest BCUT2D eigenvalue weighted by Gasteiger charge is -2.06. The molecule has 0 bridgehead atoms. The molecule has 0 radical (unpaired) electrons. The highest BCUT2D eigenvalue weighted by Gasteiger charge is 2.18. The number of thioether (sulfide) groups is 1. The second kappa shape index (κ2) is 8.28. The van der Waals surface area contributed by atoms with Crippen LogP contribution in [0.3, 0.4) is 0 Å². The van der Waals surface area contributed by atoms with Gasteiger partial charge in [-0.05, 0) is 19.1 Å². The van der Waals surface area contributed by atoms with Crippen molar-refractivity contribution in [3.8, 4) is 11.4 Å². The number of anilines is 1. The smallest absolute Gasteiger partial charge is 0.294 e. The lowest BCUT2D eigenvalue weighted by Crippen LogP contribution is -2.17. The maximum Gasteiger partial charge on any atom is 0.294 e. The van der Waals surface area contributed by atoms with Crippen LogP contribution >= 0.6 is 23.4 Å². The van der Waals surface area contributed by atoms with Gasteiger partial charge in [-0.3, -0.25) is 14.9 Å². The summed E-state index contributed by atoms with van der Waals surface area (Å²) in [6.07, 6.45) is 0. The molecule has 0 unspecified atom stereocenters. The van der Waals surface area contributed by atoms with E-state index in [2.05, 4.69) is 15.5 Å². The van der Waals surface area contributed by atoms with Gasteiger partial charge < -0.3 is 11.2 Å². The van der Waals surface area contributed by atoms with E-state index < -0.39 is 10.8 Å². The molecule has 0 atom stereocenters. The van der Waals surface area contributed by atoms with Gasteiger partial charge in [0.15, 0.2) is 5.82 Å². The van der Waals surface area contributed by atoms with Crippen molar-refractivity contribution in [2.75, 3.05) is 16.9 Å². The summed E-state index contributed by atoms with van der Waals surface area (Å²) in [6, 6.07) is 11.6. The number of halogens is 1. The van der Waals surface area contributed by atoms with Gasteiger partial charge in [0.1, 0.15) is 5.69 Å². The number of carbonyl (C=O) groups is 1. The normalized spacial score (nSPS) is 10.6. The van der Waals surface area contributed by atoms with Gasteiger partial charge in [-0.1, -0.05) is 53.2 Å². The number of nitrogens with one attached hydrogen (secondary N) is 1. The fourth-order valence-corrected chi connectivity index (χ4v) is 3.18. The molecule has 0 aliphatic heterocycles. The molecule has 1 aromatic heterocycles. The lowest BCUT2D eigenvalue weighted by molar-refractivity contribution is -0.383. The van der Waals surface area contributed by atoms with Crippen LogP contribution in [0.15, 0.2) is 47.6 Å². The van der Waals surface area contributed by atoms with Crippen LogP contribution in [0.1, 0.15) is 5.56 Å². The van der Waals surface area contributed by atoms with Crippen LogP contribution in [0.25, 0.3) is 11.4 Å². The first-order chi connectivity index (χ1) is 13.3. The number of hydrogen-bond acceptors (Lipinski definition) is 7. The highest BCUT2D eigenvalue weighted by atomic mass is 35.5. The molecular formula is C17H15ClN6O3S. The standard InChI is InChI=1S/C17H15ClN6O3S/c1-10-2-4-11(5-3-10)16-21-22-17(23(16)19)28-9-15(25)20-13-7-6-12(18)8-14(13)24(26)27/h2-8H,9,19H2,1H3,(H,20,25). The van der Waals surface area contributed by atoms with E-state index in [0.29, 0.717) is 11.0 Å². The number of nitro groups is 1. The van der Waals surface area contributed by atoms with E-state index in [1.807, 2.05) is 31.2 Å².